The highest BCUT2D eigenvalue weighted by molar-refractivity contribution is 5.70. The monoisotopic (exact) mass is 223 g/mol. The van der Waals surface area contributed by atoms with E-state index in [4.69, 9.17) is 5.11 Å². The third-order valence-corrected chi connectivity index (χ3v) is 1.60. The number of aliphatic carboxylic acids is 1. The summed E-state index contributed by atoms with van der Waals surface area (Å²) < 4.78 is 49.3. The molecule has 7 heteroatoms. The zero-order valence-electron chi connectivity index (χ0n) is 7.18. The minimum absolute atomic E-state index is 0.179. The summed E-state index contributed by atoms with van der Waals surface area (Å²) >= 11 is 0. The van der Waals surface area contributed by atoms with E-state index in [1.807, 2.05) is 0 Å². The highest BCUT2D eigenvalue weighted by atomic mass is 19.4. The minimum atomic E-state index is -4.78. The van der Waals surface area contributed by atoms with Crippen molar-refractivity contribution in [1.29, 1.82) is 0 Å². The van der Waals surface area contributed by atoms with Crippen LogP contribution in [-0.4, -0.2) is 16.1 Å². The third kappa shape index (κ3) is 2.90. The molecule has 0 radical (unpaired) electrons. The van der Waals surface area contributed by atoms with E-state index < -0.39 is 35.6 Å². The van der Waals surface area contributed by atoms with Crippen LogP contribution in [0.4, 0.5) is 17.6 Å². The number of pyridine rings is 1. The van der Waals surface area contributed by atoms with E-state index in [2.05, 4.69) is 4.98 Å². The van der Waals surface area contributed by atoms with Crippen molar-refractivity contribution in [2.45, 2.75) is 12.6 Å². The van der Waals surface area contributed by atoms with E-state index in [1.54, 1.807) is 0 Å². The van der Waals surface area contributed by atoms with Gasteiger partial charge in [-0.2, -0.15) is 17.6 Å². The van der Waals surface area contributed by atoms with Crippen LogP contribution in [0.25, 0.3) is 0 Å². The maximum absolute atomic E-state index is 12.5. The molecular weight excluding hydrogens is 218 g/mol. The standard InChI is InChI=1S/C8H5F4NO2/c9-6-2-5(8(10,11)12)4(3-13-6)1-7(14)15/h2-3H,1H2,(H,14,15). The summed E-state index contributed by atoms with van der Waals surface area (Å²) in [5.74, 6) is -2.73. The first-order valence-corrected chi connectivity index (χ1v) is 3.74. The van der Waals surface area contributed by atoms with Crippen LogP contribution in [0.1, 0.15) is 11.1 Å². The number of hydrogen-bond donors (Lipinski definition) is 1. The molecule has 82 valence electrons. The lowest BCUT2D eigenvalue weighted by molar-refractivity contribution is -0.139. The van der Waals surface area contributed by atoms with Crippen molar-refractivity contribution in [3.05, 3.63) is 29.3 Å². The average Bonchev–Trinajstić information content (AvgIpc) is 2.05. The Morgan fingerprint density at radius 2 is 2.07 bits per heavy atom. The summed E-state index contributed by atoms with van der Waals surface area (Å²) in [5, 5.41) is 8.34. The molecule has 1 rings (SSSR count). The molecule has 0 spiro atoms. The van der Waals surface area contributed by atoms with E-state index in [1.165, 1.54) is 0 Å². The quantitative estimate of drug-likeness (QED) is 0.615. The average molecular weight is 223 g/mol. The summed E-state index contributed by atoms with van der Waals surface area (Å²) in [6, 6.07) is 0.179. The van der Waals surface area contributed by atoms with Gasteiger partial charge in [0.1, 0.15) is 0 Å². The first-order valence-electron chi connectivity index (χ1n) is 3.74. The molecule has 0 saturated heterocycles. The topological polar surface area (TPSA) is 50.2 Å². The van der Waals surface area contributed by atoms with Crippen molar-refractivity contribution < 1.29 is 27.5 Å². The Balaban J connectivity index is 3.20. The maximum atomic E-state index is 12.5. The second-order valence-corrected chi connectivity index (χ2v) is 2.73. The molecule has 1 heterocycles. The van der Waals surface area contributed by atoms with Gasteiger partial charge in [-0.15, -0.1) is 0 Å². The second-order valence-electron chi connectivity index (χ2n) is 2.73. The van der Waals surface area contributed by atoms with E-state index in [0.29, 0.717) is 6.20 Å². The van der Waals surface area contributed by atoms with Gasteiger partial charge in [-0.05, 0) is 5.56 Å². The number of nitrogens with zero attached hydrogens (tertiary/aromatic N) is 1. The fraction of sp³-hybridized carbons (Fsp3) is 0.250. The molecule has 15 heavy (non-hydrogen) atoms. The molecule has 1 aromatic heterocycles. The number of aromatic nitrogens is 1. The van der Waals surface area contributed by atoms with Crippen molar-refractivity contribution in [2.24, 2.45) is 0 Å². The summed E-state index contributed by atoms with van der Waals surface area (Å²) in [7, 11) is 0. The van der Waals surface area contributed by atoms with Gasteiger partial charge in [-0.1, -0.05) is 0 Å². The molecule has 1 N–H and O–H groups in total. The van der Waals surface area contributed by atoms with Gasteiger partial charge >= 0.3 is 12.1 Å². The molecule has 0 bridgehead atoms. The predicted octanol–water partition coefficient (Wildman–Crippen LogP) is 1.87. The highest BCUT2D eigenvalue weighted by Crippen LogP contribution is 2.32. The smallest absolute Gasteiger partial charge is 0.416 e. The van der Waals surface area contributed by atoms with Crippen molar-refractivity contribution in [1.82, 2.24) is 4.98 Å². The highest BCUT2D eigenvalue weighted by Gasteiger charge is 2.34. The van der Waals surface area contributed by atoms with Crippen LogP contribution in [-0.2, 0) is 17.4 Å². The molecular formula is C8H5F4NO2. The van der Waals surface area contributed by atoms with Gasteiger partial charge in [-0.3, -0.25) is 4.79 Å². The van der Waals surface area contributed by atoms with Gasteiger partial charge < -0.3 is 5.11 Å². The van der Waals surface area contributed by atoms with E-state index in [0.717, 1.165) is 0 Å². The zero-order chi connectivity index (χ0) is 11.6. The number of halogens is 4. The summed E-state index contributed by atoms with van der Waals surface area (Å²) in [6.07, 6.45) is -5.05. The van der Waals surface area contributed by atoms with Crippen LogP contribution in [0.2, 0.25) is 0 Å². The molecule has 0 aliphatic heterocycles. The Morgan fingerprint density at radius 3 is 2.53 bits per heavy atom. The van der Waals surface area contributed by atoms with Crippen LogP contribution in [0.5, 0.6) is 0 Å². The third-order valence-electron chi connectivity index (χ3n) is 1.60. The normalized spacial score (nSPS) is 11.5. The van der Waals surface area contributed by atoms with Crippen LogP contribution < -0.4 is 0 Å². The Hall–Kier alpha value is -1.66. The summed E-state index contributed by atoms with van der Waals surface area (Å²) in [6.45, 7) is 0. The molecule has 1 aromatic rings. The Kier molecular flexibility index (Phi) is 2.92. The zero-order valence-corrected chi connectivity index (χ0v) is 7.18. The fourth-order valence-corrected chi connectivity index (χ4v) is 1.03. The lowest BCUT2D eigenvalue weighted by Gasteiger charge is -2.10. The number of carbonyl (C=O) groups is 1. The van der Waals surface area contributed by atoms with Crippen molar-refractivity contribution >= 4 is 5.97 Å². The van der Waals surface area contributed by atoms with Gasteiger partial charge in [0.15, 0.2) is 0 Å². The number of carboxylic acid groups (broad SMARTS) is 1. The van der Waals surface area contributed by atoms with Crippen molar-refractivity contribution in [2.75, 3.05) is 0 Å². The maximum Gasteiger partial charge on any atom is 0.416 e. The lowest BCUT2D eigenvalue weighted by atomic mass is 10.1. The summed E-state index contributed by atoms with van der Waals surface area (Å²) in [5.41, 5.74) is -1.87. The molecule has 0 aliphatic carbocycles. The van der Waals surface area contributed by atoms with Crippen LogP contribution in [0, 0.1) is 5.95 Å². The van der Waals surface area contributed by atoms with Crippen LogP contribution in [0.15, 0.2) is 12.3 Å². The summed E-state index contributed by atoms with van der Waals surface area (Å²) in [4.78, 5) is 13.2. The van der Waals surface area contributed by atoms with E-state index in [-0.39, 0.29) is 6.07 Å². The van der Waals surface area contributed by atoms with Gasteiger partial charge in [0.25, 0.3) is 0 Å². The fourth-order valence-electron chi connectivity index (χ4n) is 1.03. The van der Waals surface area contributed by atoms with Gasteiger partial charge in [0.05, 0.1) is 12.0 Å². The molecule has 0 aromatic carbocycles. The van der Waals surface area contributed by atoms with E-state index >= 15 is 0 Å². The molecule has 0 fully saturated rings. The molecule has 0 saturated carbocycles. The first kappa shape index (κ1) is 11.4. The molecule has 0 amide bonds. The Labute approximate surface area is 81.4 Å². The second kappa shape index (κ2) is 3.84. The van der Waals surface area contributed by atoms with Gasteiger partial charge in [0, 0.05) is 12.3 Å². The van der Waals surface area contributed by atoms with Crippen molar-refractivity contribution in [3.63, 3.8) is 0 Å². The van der Waals surface area contributed by atoms with Crippen LogP contribution >= 0.6 is 0 Å². The molecule has 0 aliphatic rings. The predicted molar refractivity (Wildman–Crippen MR) is 40.5 cm³/mol. The molecule has 0 atom stereocenters. The number of alkyl halides is 3. The van der Waals surface area contributed by atoms with Gasteiger partial charge in [0.2, 0.25) is 5.95 Å². The van der Waals surface area contributed by atoms with E-state index in [9.17, 15) is 22.4 Å². The lowest BCUT2D eigenvalue weighted by Crippen LogP contribution is -2.13. The first-order chi connectivity index (χ1) is 6.80. The Morgan fingerprint density at radius 1 is 1.47 bits per heavy atom. The number of hydrogen-bond acceptors (Lipinski definition) is 2. The molecule has 3 nitrogen and oxygen atoms in total. The largest absolute Gasteiger partial charge is 0.481 e. The van der Waals surface area contributed by atoms with Gasteiger partial charge in [-0.25, -0.2) is 4.98 Å². The SMILES string of the molecule is O=C(O)Cc1cnc(F)cc1C(F)(F)F. The number of rotatable bonds is 2. The van der Waals surface area contributed by atoms with Crippen molar-refractivity contribution in [3.8, 4) is 0 Å². The molecule has 0 unspecified atom stereocenters. The number of carboxylic acids is 1. The Bertz CT molecular complexity index is 389. The van der Waals surface area contributed by atoms with Crippen LogP contribution in [0.3, 0.4) is 0 Å². The minimum Gasteiger partial charge on any atom is -0.481 e.